The fourth-order valence-corrected chi connectivity index (χ4v) is 0.740. The van der Waals surface area contributed by atoms with E-state index in [9.17, 15) is 19.8 Å². The zero-order valence-corrected chi connectivity index (χ0v) is 9.30. The molecule has 0 aliphatic rings. The molecule has 6 heteroatoms. The molecule has 0 heterocycles. The molecule has 2 atom stereocenters. The first kappa shape index (κ1) is 14.6. The number of hydrogen-bond donors (Lipinski definition) is 2. The van der Waals surface area contributed by atoms with Crippen molar-refractivity contribution in [2.24, 2.45) is 0 Å². The number of carbonyl (C=O) groups excluding carboxylic acids is 2. The highest BCUT2D eigenvalue weighted by Gasteiger charge is 2.39. The van der Waals surface area contributed by atoms with E-state index in [0.29, 0.717) is 0 Å². The number of ether oxygens (including phenoxy) is 2. The minimum absolute atomic E-state index is 0.00456. The highest BCUT2D eigenvalue weighted by Crippen LogP contribution is 2.17. The molecule has 2 N–H and O–H groups in total. The van der Waals surface area contributed by atoms with Crippen molar-refractivity contribution >= 4 is 11.9 Å². The molecular formula is C10H16O6. The molecule has 0 aromatic carbocycles. The summed E-state index contributed by atoms with van der Waals surface area (Å²) in [4.78, 5) is 21.8. The van der Waals surface area contributed by atoms with Crippen molar-refractivity contribution in [3.05, 3.63) is 12.7 Å². The van der Waals surface area contributed by atoms with E-state index in [-0.39, 0.29) is 12.8 Å². The van der Waals surface area contributed by atoms with Crippen molar-refractivity contribution in [3.8, 4) is 0 Å². The van der Waals surface area contributed by atoms with Crippen LogP contribution in [0.4, 0.5) is 0 Å². The lowest BCUT2D eigenvalue weighted by Gasteiger charge is -2.28. The third-order valence-electron chi connectivity index (χ3n) is 1.74. The third kappa shape index (κ3) is 4.00. The van der Waals surface area contributed by atoms with E-state index in [1.807, 2.05) is 0 Å². The SMILES string of the molecule is C=CC(O)(OC(=O)CC)C(O)OC(=O)CC. The summed E-state index contributed by atoms with van der Waals surface area (Å²) >= 11 is 0. The molecule has 0 aromatic rings. The van der Waals surface area contributed by atoms with Gasteiger partial charge in [-0.2, -0.15) is 0 Å². The summed E-state index contributed by atoms with van der Waals surface area (Å²) < 4.78 is 8.93. The number of hydrogen-bond acceptors (Lipinski definition) is 6. The van der Waals surface area contributed by atoms with E-state index in [4.69, 9.17) is 0 Å². The molecule has 16 heavy (non-hydrogen) atoms. The second-order valence-corrected chi connectivity index (χ2v) is 2.98. The summed E-state index contributed by atoms with van der Waals surface area (Å²) in [5, 5.41) is 19.0. The molecule has 92 valence electrons. The molecule has 0 saturated heterocycles. The van der Waals surface area contributed by atoms with Crippen LogP contribution in [0.5, 0.6) is 0 Å². The Balaban J connectivity index is 4.61. The summed E-state index contributed by atoms with van der Waals surface area (Å²) in [7, 11) is 0. The molecule has 0 fully saturated rings. The van der Waals surface area contributed by atoms with Crippen molar-refractivity contribution < 1.29 is 29.3 Å². The monoisotopic (exact) mass is 232 g/mol. The molecule has 0 aliphatic carbocycles. The number of aliphatic hydroxyl groups excluding tert-OH is 1. The summed E-state index contributed by atoms with van der Waals surface area (Å²) in [6.45, 7) is 6.22. The van der Waals surface area contributed by atoms with Crippen LogP contribution in [-0.4, -0.2) is 34.2 Å². The Morgan fingerprint density at radius 2 is 1.88 bits per heavy atom. The van der Waals surface area contributed by atoms with E-state index in [2.05, 4.69) is 16.1 Å². The van der Waals surface area contributed by atoms with Gasteiger partial charge in [0.15, 0.2) is 0 Å². The predicted octanol–water partition coefficient (Wildman–Crippen LogP) is 0.0858. The van der Waals surface area contributed by atoms with E-state index in [1.165, 1.54) is 13.8 Å². The zero-order valence-electron chi connectivity index (χ0n) is 9.30. The maximum absolute atomic E-state index is 11.0. The molecule has 0 bridgehead atoms. The van der Waals surface area contributed by atoms with Gasteiger partial charge in [0.1, 0.15) is 0 Å². The summed E-state index contributed by atoms with van der Waals surface area (Å²) in [6.07, 6.45) is -1.18. The Kier molecular flexibility index (Phi) is 5.69. The van der Waals surface area contributed by atoms with Gasteiger partial charge in [-0.15, -0.1) is 0 Å². The molecule has 0 aromatic heterocycles. The Labute approximate surface area is 93.5 Å². The van der Waals surface area contributed by atoms with Gasteiger partial charge in [-0.05, 0) is 6.08 Å². The van der Waals surface area contributed by atoms with Gasteiger partial charge in [-0.3, -0.25) is 9.59 Å². The molecule has 0 radical (unpaired) electrons. The molecule has 0 amide bonds. The van der Waals surface area contributed by atoms with Gasteiger partial charge in [0.05, 0.1) is 0 Å². The lowest BCUT2D eigenvalue weighted by Crippen LogP contribution is -2.46. The Bertz CT molecular complexity index is 274. The number of rotatable bonds is 6. The highest BCUT2D eigenvalue weighted by atomic mass is 16.7. The fourth-order valence-electron chi connectivity index (χ4n) is 0.740. The van der Waals surface area contributed by atoms with Crippen molar-refractivity contribution in [2.75, 3.05) is 0 Å². The van der Waals surface area contributed by atoms with Gasteiger partial charge in [0.2, 0.25) is 0 Å². The van der Waals surface area contributed by atoms with Crippen molar-refractivity contribution in [1.29, 1.82) is 0 Å². The minimum Gasteiger partial charge on any atom is -0.428 e. The van der Waals surface area contributed by atoms with Gasteiger partial charge in [0, 0.05) is 12.8 Å². The van der Waals surface area contributed by atoms with Gasteiger partial charge in [0.25, 0.3) is 12.1 Å². The Hall–Kier alpha value is -1.40. The number of aliphatic hydroxyl groups is 2. The lowest BCUT2D eigenvalue weighted by molar-refractivity contribution is -0.280. The van der Waals surface area contributed by atoms with Crippen LogP contribution in [0.15, 0.2) is 12.7 Å². The average Bonchev–Trinajstić information content (AvgIpc) is 2.28. The quantitative estimate of drug-likeness (QED) is 0.383. The lowest BCUT2D eigenvalue weighted by atomic mass is 10.2. The maximum atomic E-state index is 11.0. The van der Waals surface area contributed by atoms with E-state index >= 15 is 0 Å². The van der Waals surface area contributed by atoms with Crippen LogP contribution < -0.4 is 0 Å². The first-order chi connectivity index (χ1) is 7.39. The number of carbonyl (C=O) groups is 2. The van der Waals surface area contributed by atoms with Crippen LogP contribution in [0.25, 0.3) is 0 Å². The summed E-state index contributed by atoms with van der Waals surface area (Å²) in [5.74, 6) is -3.91. The van der Waals surface area contributed by atoms with Gasteiger partial charge >= 0.3 is 11.9 Å². The maximum Gasteiger partial charge on any atom is 0.308 e. The Morgan fingerprint density at radius 1 is 1.38 bits per heavy atom. The van der Waals surface area contributed by atoms with Gasteiger partial charge < -0.3 is 19.7 Å². The van der Waals surface area contributed by atoms with E-state index in [1.54, 1.807) is 0 Å². The van der Waals surface area contributed by atoms with Crippen molar-refractivity contribution in [1.82, 2.24) is 0 Å². The van der Waals surface area contributed by atoms with E-state index < -0.39 is 24.0 Å². The summed E-state index contributed by atoms with van der Waals surface area (Å²) in [5.41, 5.74) is 0. The third-order valence-corrected chi connectivity index (χ3v) is 1.74. The van der Waals surface area contributed by atoms with Gasteiger partial charge in [-0.1, -0.05) is 20.4 Å². The molecule has 0 saturated carbocycles. The summed E-state index contributed by atoms with van der Waals surface area (Å²) in [6, 6.07) is 0. The Morgan fingerprint density at radius 3 is 2.25 bits per heavy atom. The van der Waals surface area contributed by atoms with Gasteiger partial charge in [-0.25, -0.2) is 0 Å². The largest absolute Gasteiger partial charge is 0.428 e. The molecule has 2 unspecified atom stereocenters. The highest BCUT2D eigenvalue weighted by molar-refractivity contribution is 5.70. The molecule has 0 spiro atoms. The van der Waals surface area contributed by atoms with Crippen LogP contribution in [0.2, 0.25) is 0 Å². The van der Waals surface area contributed by atoms with Crippen LogP contribution in [0.1, 0.15) is 26.7 Å². The van der Waals surface area contributed by atoms with Crippen LogP contribution >= 0.6 is 0 Å². The zero-order chi connectivity index (χ0) is 12.8. The van der Waals surface area contributed by atoms with Crippen molar-refractivity contribution in [2.45, 2.75) is 38.8 Å². The smallest absolute Gasteiger partial charge is 0.308 e. The minimum atomic E-state index is -2.42. The topological polar surface area (TPSA) is 93.1 Å². The molecule has 6 nitrogen and oxygen atoms in total. The second kappa shape index (κ2) is 6.24. The first-order valence-electron chi connectivity index (χ1n) is 4.85. The molecule has 0 aliphatic heterocycles. The average molecular weight is 232 g/mol. The van der Waals surface area contributed by atoms with Crippen LogP contribution in [-0.2, 0) is 19.1 Å². The van der Waals surface area contributed by atoms with Crippen LogP contribution in [0, 0.1) is 0 Å². The normalized spacial score (nSPS) is 15.8. The fraction of sp³-hybridized carbons (Fsp3) is 0.600. The number of esters is 2. The van der Waals surface area contributed by atoms with Crippen molar-refractivity contribution in [3.63, 3.8) is 0 Å². The van der Waals surface area contributed by atoms with E-state index in [0.717, 1.165) is 6.08 Å². The molecule has 0 rings (SSSR count). The predicted molar refractivity (Wildman–Crippen MR) is 53.9 cm³/mol. The van der Waals surface area contributed by atoms with Crippen LogP contribution in [0.3, 0.4) is 0 Å². The molecular weight excluding hydrogens is 216 g/mol. The standard InChI is InChI=1S/C10H16O6/c1-4-7(11)15-9(13)10(14,6-3)16-8(12)5-2/h6,9,13-14H,3-5H2,1-2H3. The second-order valence-electron chi connectivity index (χ2n) is 2.98. The first-order valence-corrected chi connectivity index (χ1v) is 4.85.